The molecule has 0 saturated carbocycles. The number of nitrogens with two attached hydrogens (primary N) is 1. The number of hydrogen-bond acceptors (Lipinski definition) is 9. The van der Waals surface area contributed by atoms with Crippen molar-refractivity contribution in [2.75, 3.05) is 32.1 Å². The van der Waals surface area contributed by atoms with E-state index >= 15 is 0 Å². The minimum absolute atomic E-state index is 0.0308. The number of amides is 1. The molecule has 0 aliphatic heterocycles. The van der Waals surface area contributed by atoms with Crippen molar-refractivity contribution in [3.63, 3.8) is 0 Å². The topological polar surface area (TPSA) is 151 Å². The molecule has 0 unspecified atom stereocenters. The lowest BCUT2D eigenvalue weighted by atomic mass is 10.1. The lowest BCUT2D eigenvalue weighted by Gasteiger charge is -2.16. The average Bonchev–Trinajstić information content (AvgIpc) is 3.39. The number of benzene rings is 2. The molecule has 0 spiro atoms. The smallest absolute Gasteiger partial charge is 0.249 e. The molecule has 3 rings (SSSR count). The first-order chi connectivity index (χ1) is 17.4. The molecule has 6 N–H and O–H groups in total. The third-order valence-corrected chi connectivity index (χ3v) is 5.87. The summed E-state index contributed by atoms with van der Waals surface area (Å²) in [6.07, 6.45) is -1.30. The van der Waals surface area contributed by atoms with Crippen molar-refractivity contribution in [1.29, 1.82) is 0 Å². The summed E-state index contributed by atoms with van der Waals surface area (Å²) in [6.45, 7) is 0.309. The van der Waals surface area contributed by atoms with E-state index in [-0.39, 0.29) is 32.0 Å². The summed E-state index contributed by atoms with van der Waals surface area (Å²) in [5.74, 6) is 0.592. The maximum atomic E-state index is 11.8. The largest absolute Gasteiger partial charge is 0.491 e. The van der Waals surface area contributed by atoms with E-state index in [1.54, 1.807) is 42.9 Å². The van der Waals surface area contributed by atoms with Gasteiger partial charge in [-0.15, -0.1) is 11.3 Å². The second kappa shape index (κ2) is 13.6. The predicted octanol–water partition coefficient (Wildman–Crippen LogP) is 2.69. The van der Waals surface area contributed by atoms with Crippen LogP contribution in [0.5, 0.6) is 11.5 Å². The lowest BCUT2D eigenvalue weighted by Crippen LogP contribution is -2.37. The van der Waals surface area contributed by atoms with Gasteiger partial charge in [0.15, 0.2) is 0 Å². The standard InChI is InChI=1S/C24H28ClN5O5S/c1-27-18-3-2-4-21(34-10-8-28-24(33)19(32)7-9-31)22(18)23(26)30-15-5-6-20(17(25)11-15)35-12-16-13-36-14-29-16/h2-6,11,13-14,19,27,31-32H,7-10,12H2,1H3,(H2,26,30)(H,28,33)/t19-/m1/s1. The summed E-state index contributed by atoms with van der Waals surface area (Å²) in [5.41, 5.74) is 10.7. The highest BCUT2D eigenvalue weighted by molar-refractivity contribution is 7.07. The van der Waals surface area contributed by atoms with Crippen molar-refractivity contribution < 1.29 is 24.5 Å². The van der Waals surface area contributed by atoms with E-state index < -0.39 is 12.0 Å². The number of carbonyl (C=O) groups excluding carboxylic acids is 1. The number of carbonyl (C=O) groups is 1. The molecule has 0 bridgehead atoms. The number of nitrogens with one attached hydrogen (secondary N) is 2. The number of ether oxygens (including phenoxy) is 2. The molecule has 0 saturated heterocycles. The first-order valence-corrected chi connectivity index (χ1v) is 12.4. The summed E-state index contributed by atoms with van der Waals surface area (Å²) >= 11 is 7.88. The Kier molecular flexibility index (Phi) is 10.3. The number of aromatic nitrogens is 1. The van der Waals surface area contributed by atoms with E-state index in [1.165, 1.54) is 11.3 Å². The Balaban J connectivity index is 1.70. The zero-order valence-electron chi connectivity index (χ0n) is 19.6. The number of hydrogen-bond donors (Lipinski definition) is 5. The molecule has 1 aromatic heterocycles. The van der Waals surface area contributed by atoms with E-state index in [0.717, 1.165) is 5.69 Å². The van der Waals surface area contributed by atoms with E-state index in [9.17, 15) is 9.90 Å². The van der Waals surface area contributed by atoms with Crippen molar-refractivity contribution in [2.24, 2.45) is 10.7 Å². The maximum absolute atomic E-state index is 11.8. The molecule has 192 valence electrons. The molecule has 2 aromatic carbocycles. The molecule has 10 nitrogen and oxygen atoms in total. The number of aliphatic imine (C=N–C) groups is 1. The van der Waals surface area contributed by atoms with Crippen LogP contribution in [0.4, 0.5) is 11.4 Å². The van der Waals surface area contributed by atoms with Gasteiger partial charge in [0, 0.05) is 31.1 Å². The summed E-state index contributed by atoms with van der Waals surface area (Å²) in [7, 11) is 1.75. The highest BCUT2D eigenvalue weighted by Crippen LogP contribution is 2.31. The number of nitrogens with zero attached hydrogens (tertiary/aromatic N) is 2. The molecule has 1 heterocycles. The van der Waals surface area contributed by atoms with E-state index in [4.69, 9.17) is 31.9 Å². The third kappa shape index (κ3) is 7.56. The van der Waals surface area contributed by atoms with Gasteiger partial charge in [-0.2, -0.15) is 0 Å². The van der Waals surface area contributed by atoms with Crippen molar-refractivity contribution in [3.05, 3.63) is 63.6 Å². The summed E-state index contributed by atoms with van der Waals surface area (Å²) in [5, 5.41) is 26.3. The lowest BCUT2D eigenvalue weighted by molar-refractivity contribution is -0.130. The van der Waals surface area contributed by atoms with Gasteiger partial charge in [-0.3, -0.25) is 4.79 Å². The molecular weight excluding hydrogens is 506 g/mol. The van der Waals surface area contributed by atoms with Gasteiger partial charge in [0.05, 0.1) is 34.0 Å². The Labute approximate surface area is 217 Å². The molecule has 1 atom stereocenters. The van der Waals surface area contributed by atoms with Crippen LogP contribution in [0.1, 0.15) is 17.7 Å². The van der Waals surface area contributed by atoms with Crippen molar-refractivity contribution in [1.82, 2.24) is 10.3 Å². The van der Waals surface area contributed by atoms with Gasteiger partial charge in [0.1, 0.15) is 36.7 Å². The van der Waals surface area contributed by atoms with Crippen molar-refractivity contribution >= 4 is 46.1 Å². The van der Waals surface area contributed by atoms with Crippen LogP contribution in [-0.2, 0) is 11.4 Å². The summed E-state index contributed by atoms with van der Waals surface area (Å²) < 4.78 is 11.6. The molecule has 0 fully saturated rings. The normalized spacial score (nSPS) is 12.2. The van der Waals surface area contributed by atoms with Crippen molar-refractivity contribution in [3.8, 4) is 11.5 Å². The first kappa shape index (κ1) is 27.2. The van der Waals surface area contributed by atoms with Gasteiger partial charge in [-0.1, -0.05) is 17.7 Å². The number of halogens is 1. The number of amidine groups is 1. The molecule has 0 aliphatic rings. The number of aliphatic hydroxyl groups is 2. The predicted molar refractivity (Wildman–Crippen MR) is 140 cm³/mol. The second-order valence-corrected chi connectivity index (χ2v) is 8.60. The highest BCUT2D eigenvalue weighted by Gasteiger charge is 2.16. The van der Waals surface area contributed by atoms with E-state index in [1.807, 2.05) is 11.4 Å². The summed E-state index contributed by atoms with van der Waals surface area (Å²) in [4.78, 5) is 20.5. The third-order valence-electron chi connectivity index (χ3n) is 4.94. The highest BCUT2D eigenvalue weighted by atomic mass is 35.5. The fourth-order valence-electron chi connectivity index (χ4n) is 3.16. The quantitative estimate of drug-likeness (QED) is 0.128. The minimum Gasteiger partial charge on any atom is -0.491 e. The van der Waals surface area contributed by atoms with Crippen LogP contribution < -0.4 is 25.8 Å². The molecule has 0 aliphatic carbocycles. The molecule has 3 aromatic rings. The average molecular weight is 534 g/mol. The fourth-order valence-corrected chi connectivity index (χ4v) is 3.93. The van der Waals surface area contributed by atoms with Gasteiger partial charge < -0.3 is 36.1 Å². The maximum Gasteiger partial charge on any atom is 0.249 e. The van der Waals surface area contributed by atoms with Crippen LogP contribution in [0.3, 0.4) is 0 Å². The van der Waals surface area contributed by atoms with Gasteiger partial charge in [0.25, 0.3) is 0 Å². The number of aliphatic hydroxyl groups excluding tert-OH is 2. The molecule has 12 heteroatoms. The Morgan fingerprint density at radius 1 is 1.28 bits per heavy atom. The monoisotopic (exact) mass is 533 g/mol. The Morgan fingerprint density at radius 3 is 2.81 bits per heavy atom. The SMILES string of the molecule is CNc1cccc(OCCNC(=O)[C@H](O)CCO)c1C(N)=Nc1ccc(OCc2cscn2)c(Cl)c1. The Bertz CT molecular complexity index is 1180. The van der Waals surface area contributed by atoms with Crippen molar-refractivity contribution in [2.45, 2.75) is 19.1 Å². The number of rotatable bonds is 13. The van der Waals surface area contributed by atoms with Crippen LogP contribution in [0.15, 0.2) is 52.3 Å². The Morgan fingerprint density at radius 2 is 2.11 bits per heavy atom. The molecule has 36 heavy (non-hydrogen) atoms. The zero-order chi connectivity index (χ0) is 25.9. The molecular formula is C24H28ClN5O5S. The number of thiazole rings is 1. The minimum atomic E-state index is -1.27. The van der Waals surface area contributed by atoms with E-state index in [0.29, 0.717) is 40.1 Å². The van der Waals surface area contributed by atoms with Gasteiger partial charge in [0.2, 0.25) is 5.91 Å². The molecule has 0 radical (unpaired) electrons. The van der Waals surface area contributed by atoms with Crippen LogP contribution in [-0.4, -0.2) is 59.8 Å². The van der Waals surface area contributed by atoms with Crippen LogP contribution >= 0.6 is 22.9 Å². The Hall–Kier alpha value is -3.38. The van der Waals surface area contributed by atoms with E-state index in [2.05, 4.69) is 20.6 Å². The summed E-state index contributed by atoms with van der Waals surface area (Å²) in [6, 6.07) is 10.5. The van der Waals surface area contributed by atoms with Crippen LogP contribution in [0.25, 0.3) is 0 Å². The van der Waals surface area contributed by atoms with Gasteiger partial charge in [-0.25, -0.2) is 9.98 Å². The molecule has 1 amide bonds. The van der Waals surface area contributed by atoms with Gasteiger partial charge in [-0.05, 0) is 30.3 Å². The van der Waals surface area contributed by atoms with Crippen LogP contribution in [0.2, 0.25) is 5.02 Å². The fraction of sp³-hybridized carbons (Fsp3) is 0.292. The number of anilines is 1. The van der Waals surface area contributed by atoms with Gasteiger partial charge >= 0.3 is 0 Å². The van der Waals surface area contributed by atoms with Crippen LogP contribution in [0, 0.1) is 0 Å². The zero-order valence-corrected chi connectivity index (χ0v) is 21.2. The first-order valence-electron chi connectivity index (χ1n) is 11.1. The second-order valence-electron chi connectivity index (χ2n) is 7.48.